The molecule has 0 aromatic rings. The van der Waals surface area contributed by atoms with Gasteiger partial charge in [-0.2, -0.15) is 0 Å². The Kier molecular flexibility index (Phi) is 3.95. The number of carbonyl (C=O) groups is 1. The van der Waals surface area contributed by atoms with E-state index >= 15 is 0 Å². The molecule has 0 heterocycles. The van der Waals surface area contributed by atoms with Crippen LogP contribution in [0, 0.1) is 0 Å². The summed E-state index contributed by atoms with van der Waals surface area (Å²) < 4.78 is 9.79. The van der Waals surface area contributed by atoms with Crippen LogP contribution in [-0.2, 0) is 9.36 Å². The van der Waals surface area contributed by atoms with Crippen LogP contribution in [0.3, 0.4) is 0 Å². The average molecular weight is 156 g/mol. The van der Waals surface area contributed by atoms with Gasteiger partial charge in [-0.3, -0.25) is 9.36 Å². The van der Waals surface area contributed by atoms with Crippen LogP contribution in [0.15, 0.2) is 0 Å². The number of carboxylic acid groups (broad SMARTS) is 1. The Morgan fingerprint density at radius 3 is 2.38 bits per heavy atom. The van der Waals surface area contributed by atoms with Crippen LogP contribution in [0.1, 0.15) is 0 Å². The lowest BCUT2D eigenvalue weighted by Crippen LogP contribution is -1.95. The highest BCUT2D eigenvalue weighted by Crippen LogP contribution is 2.31. The first-order valence-electron chi connectivity index (χ1n) is 1.70. The maximum absolute atomic E-state index is 9.79. The Morgan fingerprint density at radius 2 is 2.25 bits per heavy atom. The minimum atomic E-state index is -2.64. The zero-order chi connectivity index (χ0) is 6.57. The van der Waals surface area contributed by atoms with Crippen molar-refractivity contribution in [2.24, 2.45) is 0 Å². The van der Waals surface area contributed by atoms with Crippen molar-refractivity contribution in [1.29, 1.82) is 0 Å². The highest BCUT2D eigenvalue weighted by molar-refractivity contribution is 8.50. The first-order chi connectivity index (χ1) is 3.63. The van der Waals surface area contributed by atoms with Gasteiger partial charge in [0.1, 0.15) is 5.75 Å². The predicted octanol–water partition coefficient (Wildman–Crippen LogP) is 0.186. The van der Waals surface area contributed by atoms with Gasteiger partial charge in [-0.1, -0.05) is 11.4 Å². The highest BCUT2D eigenvalue weighted by Gasteiger charge is 1.98. The molecule has 1 unspecified atom stereocenters. The molecule has 0 spiro atoms. The topological polar surface area (TPSA) is 74.6 Å². The quantitative estimate of drug-likeness (QED) is 0.570. The van der Waals surface area contributed by atoms with Gasteiger partial charge in [0.2, 0.25) is 7.23 Å². The number of rotatable bonds is 3. The van der Waals surface area contributed by atoms with Crippen LogP contribution in [-0.4, -0.2) is 21.7 Å². The smallest absolute Gasteiger partial charge is 0.313 e. The van der Waals surface area contributed by atoms with E-state index in [1.165, 1.54) is 0 Å². The molecule has 0 aliphatic heterocycles. The number of carboxylic acids is 1. The van der Waals surface area contributed by atoms with Gasteiger partial charge in [-0.25, -0.2) is 0 Å². The molecule has 0 aromatic carbocycles. The van der Waals surface area contributed by atoms with Gasteiger partial charge >= 0.3 is 5.97 Å². The second-order valence-electron chi connectivity index (χ2n) is 0.948. The summed E-state index contributed by atoms with van der Waals surface area (Å²) in [6, 6.07) is 0. The molecule has 0 radical (unpaired) electrons. The molecule has 0 saturated heterocycles. The number of aliphatic carboxylic acids is 1. The minimum absolute atomic E-state index is 0.297. The molecular formula is C2H5O4PS. The van der Waals surface area contributed by atoms with Crippen molar-refractivity contribution in [3.8, 4) is 0 Å². The Hall–Kier alpha value is 0.01000. The third kappa shape index (κ3) is 6.01. The standard InChI is InChI=1S/C2H5O4PS/c3-2(4)1-8-7(5)6/h7H,1H2,(H,3,4)(H,5,6). The zero-order valence-corrected chi connectivity index (χ0v) is 5.64. The van der Waals surface area contributed by atoms with Gasteiger partial charge in [0, 0.05) is 0 Å². The molecule has 0 amide bonds. The van der Waals surface area contributed by atoms with Crippen molar-refractivity contribution in [3.05, 3.63) is 0 Å². The van der Waals surface area contributed by atoms with E-state index in [0.29, 0.717) is 11.4 Å². The summed E-state index contributed by atoms with van der Waals surface area (Å²) in [4.78, 5) is 17.7. The van der Waals surface area contributed by atoms with Crippen molar-refractivity contribution in [1.82, 2.24) is 0 Å². The van der Waals surface area contributed by atoms with E-state index in [4.69, 9.17) is 10.00 Å². The van der Waals surface area contributed by atoms with Crippen LogP contribution >= 0.6 is 18.6 Å². The first-order valence-corrected chi connectivity index (χ1v) is 4.77. The van der Waals surface area contributed by atoms with Crippen LogP contribution in [0.5, 0.6) is 0 Å². The van der Waals surface area contributed by atoms with Crippen molar-refractivity contribution in [3.63, 3.8) is 0 Å². The maximum atomic E-state index is 9.79. The van der Waals surface area contributed by atoms with Crippen LogP contribution < -0.4 is 0 Å². The van der Waals surface area contributed by atoms with Gasteiger partial charge in [-0.05, 0) is 0 Å². The lowest BCUT2D eigenvalue weighted by Gasteiger charge is -1.86. The lowest BCUT2D eigenvalue weighted by molar-refractivity contribution is -0.133. The number of hydrogen-bond donors (Lipinski definition) is 2. The largest absolute Gasteiger partial charge is 0.481 e. The molecule has 0 aliphatic carbocycles. The molecule has 48 valence electrons. The zero-order valence-electron chi connectivity index (χ0n) is 3.83. The molecule has 0 fully saturated rings. The predicted molar refractivity (Wildman–Crippen MR) is 31.3 cm³/mol. The van der Waals surface area contributed by atoms with Gasteiger partial charge in [-0.15, -0.1) is 0 Å². The fourth-order valence-corrected chi connectivity index (χ4v) is 1.11. The summed E-state index contributed by atoms with van der Waals surface area (Å²) in [5.74, 6) is -1.36. The van der Waals surface area contributed by atoms with Crippen molar-refractivity contribution < 1.29 is 19.4 Å². The van der Waals surface area contributed by atoms with E-state index in [1.54, 1.807) is 0 Å². The van der Waals surface area contributed by atoms with Crippen molar-refractivity contribution >= 4 is 24.6 Å². The second-order valence-corrected chi connectivity index (χ2v) is 3.97. The monoisotopic (exact) mass is 156 g/mol. The van der Waals surface area contributed by atoms with Crippen molar-refractivity contribution in [2.75, 3.05) is 5.75 Å². The Balaban J connectivity index is 3.18. The van der Waals surface area contributed by atoms with Crippen LogP contribution in [0.25, 0.3) is 0 Å². The summed E-state index contributed by atoms with van der Waals surface area (Å²) in [7, 11) is -2.64. The van der Waals surface area contributed by atoms with E-state index in [9.17, 15) is 9.36 Å². The minimum Gasteiger partial charge on any atom is -0.481 e. The number of hydrogen-bond acceptors (Lipinski definition) is 3. The molecule has 0 rings (SSSR count). The lowest BCUT2D eigenvalue weighted by atomic mass is 10.8. The summed E-state index contributed by atoms with van der Waals surface area (Å²) >= 11 is 0.542. The van der Waals surface area contributed by atoms with E-state index in [-0.39, 0.29) is 5.75 Å². The third-order valence-electron chi connectivity index (χ3n) is 0.319. The fourth-order valence-electron chi connectivity index (χ4n) is 0.123. The molecule has 8 heavy (non-hydrogen) atoms. The van der Waals surface area contributed by atoms with Gasteiger partial charge in [0.15, 0.2) is 0 Å². The molecule has 4 nitrogen and oxygen atoms in total. The van der Waals surface area contributed by atoms with Crippen LogP contribution in [0.2, 0.25) is 0 Å². The summed E-state index contributed by atoms with van der Waals surface area (Å²) in [6.45, 7) is 0. The van der Waals surface area contributed by atoms with E-state index in [0.717, 1.165) is 0 Å². The molecule has 0 aromatic heterocycles. The highest BCUT2D eigenvalue weighted by atomic mass is 32.7. The summed E-state index contributed by atoms with van der Waals surface area (Å²) in [6.07, 6.45) is 0. The maximum Gasteiger partial charge on any atom is 0.313 e. The van der Waals surface area contributed by atoms with Gasteiger partial charge < -0.3 is 10.00 Å². The Bertz CT molecular complexity index is 98.6. The summed E-state index contributed by atoms with van der Waals surface area (Å²) in [5, 5.41) is 7.91. The van der Waals surface area contributed by atoms with E-state index in [1.807, 2.05) is 0 Å². The van der Waals surface area contributed by atoms with Crippen molar-refractivity contribution in [2.45, 2.75) is 0 Å². The molecular weight excluding hydrogens is 151 g/mol. The Morgan fingerprint density at radius 1 is 1.75 bits per heavy atom. The molecule has 0 bridgehead atoms. The van der Waals surface area contributed by atoms with Gasteiger partial charge in [0.05, 0.1) is 0 Å². The average Bonchev–Trinajstić information content (AvgIpc) is 1.61. The summed E-state index contributed by atoms with van der Waals surface area (Å²) in [5.41, 5.74) is 0. The molecule has 2 N–H and O–H groups in total. The third-order valence-corrected chi connectivity index (χ3v) is 2.13. The van der Waals surface area contributed by atoms with Crippen LogP contribution in [0.4, 0.5) is 0 Å². The first kappa shape index (κ1) is 8.01. The Labute approximate surface area is 50.5 Å². The molecule has 1 atom stereocenters. The molecule has 0 saturated carbocycles. The fraction of sp³-hybridized carbons (Fsp3) is 0.500. The van der Waals surface area contributed by atoms with E-state index < -0.39 is 13.2 Å². The second kappa shape index (κ2) is 3.95. The van der Waals surface area contributed by atoms with Gasteiger partial charge in [0.25, 0.3) is 0 Å². The normalized spacial score (nSPS) is 13.1. The van der Waals surface area contributed by atoms with E-state index in [2.05, 4.69) is 0 Å². The molecule has 6 heteroatoms. The SMILES string of the molecule is O=C(O)CS[PH](=O)O. The molecule has 0 aliphatic rings.